The lowest BCUT2D eigenvalue weighted by atomic mass is 10.1. The molecule has 0 bridgehead atoms. The van der Waals surface area contributed by atoms with Crippen molar-refractivity contribution in [1.29, 1.82) is 0 Å². The molecule has 166 valence electrons. The topological polar surface area (TPSA) is 59.3 Å². The number of hydrogen-bond acceptors (Lipinski definition) is 7. The Hall–Kier alpha value is -2.82. The second-order valence-electron chi connectivity index (χ2n) is 7.85. The van der Waals surface area contributed by atoms with E-state index in [1.54, 1.807) is 21.9 Å². The van der Waals surface area contributed by atoms with Crippen LogP contribution in [0.5, 0.6) is 0 Å². The summed E-state index contributed by atoms with van der Waals surface area (Å²) < 4.78 is 44.4. The van der Waals surface area contributed by atoms with Gasteiger partial charge in [-0.2, -0.15) is 0 Å². The maximum absolute atomic E-state index is 16.1. The second-order valence-corrected chi connectivity index (χ2v) is 8.83. The van der Waals surface area contributed by atoms with Crippen molar-refractivity contribution < 1.29 is 18.3 Å². The number of halogens is 2. The van der Waals surface area contributed by atoms with Gasteiger partial charge in [-0.25, -0.2) is 18.2 Å². The maximum Gasteiger partial charge on any atom is 0.268 e. The standard InChI is InChI=1S/C22H20F2N4O3S/c23-16-18(26-5-9-30-10-6-26)15-20(17(24)19(16)27-7-11-31-12-8-27)32-22-25-13-3-1-2-4-14(13)28(22)21(15)29/h1-4H,5-12H2. The smallest absolute Gasteiger partial charge is 0.268 e. The molecule has 2 saturated heterocycles. The highest BCUT2D eigenvalue weighted by molar-refractivity contribution is 7.23. The number of rotatable bonds is 2. The van der Waals surface area contributed by atoms with Crippen LogP contribution in [-0.4, -0.2) is 62.0 Å². The summed E-state index contributed by atoms with van der Waals surface area (Å²) in [7, 11) is 0. The van der Waals surface area contributed by atoms with Crippen molar-refractivity contribution in [2.24, 2.45) is 0 Å². The minimum absolute atomic E-state index is 0.0552. The molecule has 0 spiro atoms. The summed E-state index contributed by atoms with van der Waals surface area (Å²) in [5.74, 6) is -1.42. The summed E-state index contributed by atoms with van der Waals surface area (Å²) >= 11 is 1.08. The Morgan fingerprint density at radius 1 is 0.875 bits per heavy atom. The zero-order valence-corrected chi connectivity index (χ0v) is 18.0. The summed E-state index contributed by atoms with van der Waals surface area (Å²) in [5.41, 5.74) is 0.843. The van der Waals surface area contributed by atoms with Gasteiger partial charge < -0.3 is 19.3 Å². The summed E-state index contributed by atoms with van der Waals surface area (Å²) in [5, 5.41) is 0.0552. The lowest BCUT2D eigenvalue weighted by molar-refractivity contribution is 0.121. The first kappa shape index (κ1) is 19.8. The Bertz CT molecular complexity index is 1410. The Morgan fingerprint density at radius 2 is 1.50 bits per heavy atom. The van der Waals surface area contributed by atoms with Gasteiger partial charge in [0, 0.05) is 26.2 Å². The average molecular weight is 458 g/mol. The number of para-hydroxylation sites is 2. The number of morpholine rings is 2. The minimum Gasteiger partial charge on any atom is -0.378 e. The van der Waals surface area contributed by atoms with Crippen molar-refractivity contribution in [1.82, 2.24) is 9.38 Å². The molecule has 0 aliphatic carbocycles. The largest absolute Gasteiger partial charge is 0.378 e. The SMILES string of the molecule is O=c1c2c(N3CCOCC3)c(F)c(N3CCOCC3)c(F)c2sc2nc3ccccc3n12. The van der Waals surface area contributed by atoms with Crippen molar-refractivity contribution in [2.45, 2.75) is 0 Å². The van der Waals surface area contributed by atoms with Crippen molar-refractivity contribution in [3.63, 3.8) is 0 Å². The molecule has 0 atom stereocenters. The van der Waals surface area contributed by atoms with Gasteiger partial charge in [0.25, 0.3) is 5.56 Å². The molecule has 2 aromatic heterocycles. The van der Waals surface area contributed by atoms with Crippen LogP contribution in [-0.2, 0) is 9.47 Å². The molecular formula is C22H20F2N4O3S. The Balaban J connectivity index is 1.74. The van der Waals surface area contributed by atoms with Crippen LogP contribution in [0.2, 0.25) is 0 Å². The summed E-state index contributed by atoms with van der Waals surface area (Å²) in [6, 6.07) is 7.24. The number of imidazole rings is 1. The van der Waals surface area contributed by atoms with E-state index in [1.165, 1.54) is 4.40 Å². The highest BCUT2D eigenvalue weighted by Crippen LogP contribution is 2.41. The summed E-state index contributed by atoms with van der Waals surface area (Å²) in [6.45, 7) is 3.23. The molecule has 0 saturated carbocycles. The number of ether oxygens (including phenoxy) is 2. The summed E-state index contributed by atoms with van der Waals surface area (Å²) in [6.07, 6.45) is 0. The van der Waals surface area contributed by atoms with E-state index in [1.807, 2.05) is 12.1 Å². The number of fused-ring (bicyclic) bond motifs is 4. The first-order chi connectivity index (χ1) is 15.6. The number of aromatic nitrogens is 2. The number of nitrogens with zero attached hydrogens (tertiary/aromatic N) is 4. The van der Waals surface area contributed by atoms with Crippen LogP contribution in [0.4, 0.5) is 20.2 Å². The molecule has 4 aromatic rings. The van der Waals surface area contributed by atoms with Crippen LogP contribution >= 0.6 is 11.3 Å². The van der Waals surface area contributed by atoms with Gasteiger partial charge in [0.15, 0.2) is 16.6 Å². The molecule has 2 aliphatic rings. The van der Waals surface area contributed by atoms with E-state index in [0.717, 1.165) is 11.3 Å². The van der Waals surface area contributed by atoms with Gasteiger partial charge in [0.1, 0.15) is 5.69 Å². The van der Waals surface area contributed by atoms with Gasteiger partial charge >= 0.3 is 0 Å². The number of benzene rings is 2. The van der Waals surface area contributed by atoms with Crippen molar-refractivity contribution in [2.75, 3.05) is 62.4 Å². The van der Waals surface area contributed by atoms with E-state index in [9.17, 15) is 4.79 Å². The van der Waals surface area contributed by atoms with Crippen LogP contribution < -0.4 is 15.4 Å². The van der Waals surface area contributed by atoms with E-state index < -0.39 is 17.2 Å². The van der Waals surface area contributed by atoms with Gasteiger partial charge in [-0.15, -0.1) is 0 Å². The highest BCUT2D eigenvalue weighted by Gasteiger charge is 2.31. The molecule has 4 heterocycles. The van der Waals surface area contributed by atoms with Gasteiger partial charge in [-0.3, -0.25) is 4.79 Å². The van der Waals surface area contributed by atoms with Gasteiger partial charge in [-0.1, -0.05) is 23.5 Å². The normalized spacial score (nSPS) is 17.7. The Kier molecular flexibility index (Phi) is 4.74. The molecule has 0 radical (unpaired) electrons. The predicted octanol–water partition coefficient (Wildman–Crippen LogP) is 3.01. The van der Waals surface area contributed by atoms with E-state index in [-0.39, 0.29) is 21.5 Å². The molecule has 32 heavy (non-hydrogen) atoms. The van der Waals surface area contributed by atoms with Gasteiger partial charge in [-0.05, 0) is 12.1 Å². The molecule has 0 amide bonds. The fraction of sp³-hybridized carbons (Fsp3) is 0.364. The van der Waals surface area contributed by atoms with Crippen LogP contribution in [0, 0.1) is 11.6 Å². The molecule has 6 rings (SSSR count). The van der Waals surface area contributed by atoms with Gasteiger partial charge in [0.05, 0.1) is 53.2 Å². The third-order valence-corrected chi connectivity index (χ3v) is 7.13. The zero-order chi connectivity index (χ0) is 21.8. The van der Waals surface area contributed by atoms with E-state index >= 15 is 8.78 Å². The first-order valence-corrected chi connectivity index (χ1v) is 11.4. The monoisotopic (exact) mass is 458 g/mol. The second kappa shape index (κ2) is 7.65. The van der Waals surface area contributed by atoms with Gasteiger partial charge in [0.2, 0.25) is 0 Å². The lowest BCUT2D eigenvalue weighted by Gasteiger charge is -2.34. The maximum atomic E-state index is 16.1. The van der Waals surface area contributed by atoms with E-state index in [2.05, 4.69) is 4.98 Å². The third kappa shape index (κ3) is 2.90. The molecule has 7 nitrogen and oxygen atoms in total. The highest BCUT2D eigenvalue weighted by atomic mass is 32.1. The molecule has 2 aliphatic heterocycles. The molecule has 0 N–H and O–H groups in total. The fourth-order valence-corrected chi connectivity index (χ4v) is 5.63. The quantitative estimate of drug-likeness (QED) is 0.460. The summed E-state index contributed by atoms with van der Waals surface area (Å²) in [4.78, 5) is 22.1. The van der Waals surface area contributed by atoms with Crippen molar-refractivity contribution >= 4 is 48.8 Å². The minimum atomic E-state index is -0.715. The molecule has 0 unspecified atom stereocenters. The molecular weight excluding hydrogens is 438 g/mol. The van der Waals surface area contributed by atoms with Crippen molar-refractivity contribution in [3.05, 3.63) is 46.3 Å². The average Bonchev–Trinajstić information content (AvgIpc) is 3.20. The van der Waals surface area contributed by atoms with Crippen LogP contribution in [0.25, 0.3) is 26.1 Å². The number of hydrogen-bond donors (Lipinski definition) is 0. The molecule has 2 aromatic carbocycles. The zero-order valence-electron chi connectivity index (χ0n) is 17.1. The number of anilines is 2. The van der Waals surface area contributed by atoms with Crippen molar-refractivity contribution in [3.8, 4) is 0 Å². The van der Waals surface area contributed by atoms with Crippen LogP contribution in [0.3, 0.4) is 0 Å². The third-order valence-electron chi connectivity index (χ3n) is 6.08. The van der Waals surface area contributed by atoms with E-state index in [0.29, 0.717) is 68.6 Å². The first-order valence-electron chi connectivity index (χ1n) is 10.6. The van der Waals surface area contributed by atoms with E-state index in [4.69, 9.17) is 9.47 Å². The molecule has 10 heteroatoms. The Labute approximate surface area is 185 Å². The van der Waals surface area contributed by atoms with Crippen LogP contribution in [0.1, 0.15) is 0 Å². The lowest BCUT2D eigenvalue weighted by Crippen LogP contribution is -2.40. The van der Waals surface area contributed by atoms with Crippen LogP contribution in [0.15, 0.2) is 29.1 Å². The Morgan fingerprint density at radius 3 is 2.19 bits per heavy atom. The molecule has 2 fully saturated rings. The predicted molar refractivity (Wildman–Crippen MR) is 120 cm³/mol. The fourth-order valence-electron chi connectivity index (χ4n) is 4.56.